The van der Waals surface area contributed by atoms with E-state index in [4.69, 9.17) is 0 Å². The van der Waals surface area contributed by atoms with E-state index in [0.717, 1.165) is 19.3 Å². The van der Waals surface area contributed by atoms with Crippen LogP contribution in [0.1, 0.15) is 55.7 Å². The normalized spacial score (nSPS) is 23.4. The summed E-state index contributed by atoms with van der Waals surface area (Å²) in [6.45, 7) is 0. The molecule has 2 aromatic carbocycles. The van der Waals surface area contributed by atoms with Crippen molar-refractivity contribution < 1.29 is 5.11 Å². The van der Waals surface area contributed by atoms with Crippen LogP contribution in [0.4, 0.5) is 0 Å². The van der Waals surface area contributed by atoms with Crippen molar-refractivity contribution in [3.8, 4) is 5.75 Å². The van der Waals surface area contributed by atoms with Gasteiger partial charge in [0.25, 0.3) is 0 Å². The fourth-order valence-corrected chi connectivity index (χ4v) is 4.46. The molecule has 0 aromatic heterocycles. The van der Waals surface area contributed by atoms with Gasteiger partial charge in [-0.05, 0) is 68.2 Å². The molecule has 2 N–H and O–H groups in total. The van der Waals surface area contributed by atoms with Gasteiger partial charge in [-0.2, -0.15) is 0 Å². The lowest BCUT2D eigenvalue weighted by atomic mass is 9.78. The third-order valence-corrected chi connectivity index (χ3v) is 5.74. The van der Waals surface area contributed by atoms with Gasteiger partial charge in [0.15, 0.2) is 0 Å². The van der Waals surface area contributed by atoms with Crippen LogP contribution in [-0.4, -0.2) is 11.1 Å². The molecule has 4 rings (SSSR count). The Morgan fingerprint density at radius 3 is 2.64 bits per heavy atom. The van der Waals surface area contributed by atoms with Gasteiger partial charge in [-0.25, -0.2) is 0 Å². The molecule has 2 aromatic rings. The standard InChI is InChI=1S/C23H27NO/c25-20-11-6-10-19(15-20)23-16-18-9-4-5-12-21(18)22(24-23)14-13-17-7-2-1-3-8-17/h1-3,6-8,10-11,15,22-25H,4-5,9,12-14,16H2/t22-,23-/m1/s1. The lowest BCUT2D eigenvalue weighted by Crippen LogP contribution is -2.40. The first-order valence-corrected chi connectivity index (χ1v) is 9.59. The van der Waals surface area contributed by atoms with Crippen LogP contribution in [0.2, 0.25) is 0 Å². The van der Waals surface area contributed by atoms with Gasteiger partial charge in [0.05, 0.1) is 0 Å². The highest BCUT2D eigenvalue weighted by Gasteiger charge is 2.30. The molecule has 130 valence electrons. The highest BCUT2D eigenvalue weighted by atomic mass is 16.3. The van der Waals surface area contributed by atoms with Crippen molar-refractivity contribution in [3.05, 3.63) is 76.9 Å². The maximum atomic E-state index is 9.85. The van der Waals surface area contributed by atoms with Crippen LogP contribution in [0.25, 0.3) is 0 Å². The first-order chi connectivity index (χ1) is 12.3. The van der Waals surface area contributed by atoms with Crippen LogP contribution >= 0.6 is 0 Å². The summed E-state index contributed by atoms with van der Waals surface area (Å²) in [4.78, 5) is 0. The van der Waals surface area contributed by atoms with Crippen LogP contribution in [0.5, 0.6) is 5.75 Å². The van der Waals surface area contributed by atoms with Gasteiger partial charge in [-0.3, -0.25) is 0 Å². The molecule has 0 unspecified atom stereocenters. The Morgan fingerprint density at radius 1 is 0.960 bits per heavy atom. The molecule has 0 radical (unpaired) electrons. The monoisotopic (exact) mass is 333 g/mol. The van der Waals surface area contributed by atoms with Crippen molar-refractivity contribution in [2.45, 2.75) is 57.0 Å². The second-order valence-corrected chi connectivity index (χ2v) is 7.43. The van der Waals surface area contributed by atoms with Crippen LogP contribution in [0, 0.1) is 0 Å². The summed E-state index contributed by atoms with van der Waals surface area (Å²) < 4.78 is 0. The Hall–Kier alpha value is -2.06. The minimum atomic E-state index is 0.324. The van der Waals surface area contributed by atoms with E-state index < -0.39 is 0 Å². The number of hydrogen-bond donors (Lipinski definition) is 2. The van der Waals surface area contributed by atoms with Crippen molar-refractivity contribution >= 4 is 0 Å². The molecule has 0 spiro atoms. The Labute approximate surface area is 150 Å². The minimum absolute atomic E-state index is 0.324. The first kappa shape index (κ1) is 16.4. The Kier molecular flexibility index (Phi) is 4.89. The summed E-state index contributed by atoms with van der Waals surface area (Å²) >= 11 is 0. The molecule has 2 atom stereocenters. The van der Waals surface area contributed by atoms with Gasteiger partial charge in [0.1, 0.15) is 5.75 Å². The molecule has 0 saturated carbocycles. The van der Waals surface area contributed by atoms with E-state index in [1.807, 2.05) is 12.1 Å². The molecule has 25 heavy (non-hydrogen) atoms. The van der Waals surface area contributed by atoms with E-state index in [1.165, 1.54) is 36.8 Å². The smallest absolute Gasteiger partial charge is 0.115 e. The zero-order chi connectivity index (χ0) is 17.1. The summed E-state index contributed by atoms with van der Waals surface area (Å²) in [5.41, 5.74) is 5.98. The molecular formula is C23H27NO. The maximum Gasteiger partial charge on any atom is 0.115 e. The molecule has 1 aliphatic carbocycles. The predicted octanol–water partition coefficient (Wildman–Crippen LogP) is 5.30. The summed E-state index contributed by atoms with van der Waals surface area (Å²) in [6, 6.07) is 19.4. The van der Waals surface area contributed by atoms with Crippen molar-refractivity contribution in [1.82, 2.24) is 5.32 Å². The van der Waals surface area contributed by atoms with E-state index >= 15 is 0 Å². The first-order valence-electron chi connectivity index (χ1n) is 9.59. The predicted molar refractivity (Wildman–Crippen MR) is 103 cm³/mol. The van der Waals surface area contributed by atoms with Crippen molar-refractivity contribution in [2.75, 3.05) is 0 Å². The number of aryl methyl sites for hydroxylation is 1. The number of phenols is 1. The number of aromatic hydroxyl groups is 1. The van der Waals surface area contributed by atoms with Gasteiger partial charge in [-0.15, -0.1) is 0 Å². The average molecular weight is 333 g/mol. The van der Waals surface area contributed by atoms with E-state index in [2.05, 4.69) is 41.7 Å². The van der Waals surface area contributed by atoms with Gasteiger partial charge < -0.3 is 10.4 Å². The third-order valence-electron chi connectivity index (χ3n) is 5.74. The molecular weight excluding hydrogens is 306 g/mol. The highest BCUT2D eigenvalue weighted by molar-refractivity contribution is 5.35. The van der Waals surface area contributed by atoms with Crippen LogP contribution in [0.3, 0.4) is 0 Å². The Morgan fingerprint density at radius 2 is 1.80 bits per heavy atom. The van der Waals surface area contributed by atoms with E-state index in [9.17, 15) is 5.11 Å². The summed E-state index contributed by atoms with van der Waals surface area (Å²) in [7, 11) is 0. The van der Waals surface area contributed by atoms with E-state index in [0.29, 0.717) is 17.8 Å². The maximum absolute atomic E-state index is 9.85. The zero-order valence-electron chi connectivity index (χ0n) is 14.7. The topological polar surface area (TPSA) is 32.3 Å². The minimum Gasteiger partial charge on any atom is -0.508 e. The van der Waals surface area contributed by atoms with E-state index in [-0.39, 0.29) is 0 Å². The lowest BCUT2D eigenvalue weighted by Gasteiger charge is -2.38. The molecule has 2 heteroatoms. The van der Waals surface area contributed by atoms with Crippen molar-refractivity contribution in [2.24, 2.45) is 0 Å². The summed E-state index contributed by atoms with van der Waals surface area (Å²) in [5.74, 6) is 0.364. The third kappa shape index (κ3) is 3.80. The summed E-state index contributed by atoms with van der Waals surface area (Å²) in [5, 5.41) is 13.8. The molecule has 0 fully saturated rings. The largest absolute Gasteiger partial charge is 0.508 e. The second kappa shape index (κ2) is 7.45. The zero-order valence-corrected chi connectivity index (χ0v) is 14.7. The fraction of sp³-hybridized carbons (Fsp3) is 0.391. The SMILES string of the molecule is Oc1cccc([C@H]2CC3=C(CCCC3)[C@@H](CCc3ccccc3)N2)c1. The Bertz CT molecular complexity index is 750. The van der Waals surface area contributed by atoms with E-state index in [1.54, 1.807) is 17.2 Å². The average Bonchev–Trinajstić information content (AvgIpc) is 2.67. The molecule has 1 heterocycles. The molecule has 0 bridgehead atoms. The fourth-order valence-electron chi connectivity index (χ4n) is 4.46. The quantitative estimate of drug-likeness (QED) is 0.744. The van der Waals surface area contributed by atoms with Gasteiger partial charge >= 0.3 is 0 Å². The van der Waals surface area contributed by atoms with Gasteiger partial charge in [-0.1, -0.05) is 53.6 Å². The van der Waals surface area contributed by atoms with Gasteiger partial charge in [0.2, 0.25) is 0 Å². The van der Waals surface area contributed by atoms with Crippen molar-refractivity contribution in [3.63, 3.8) is 0 Å². The number of phenolic OH excluding ortho intramolecular Hbond substituents is 1. The molecule has 2 nitrogen and oxygen atoms in total. The lowest BCUT2D eigenvalue weighted by molar-refractivity contribution is 0.384. The Balaban J connectivity index is 1.55. The number of benzene rings is 2. The van der Waals surface area contributed by atoms with Crippen molar-refractivity contribution in [1.29, 1.82) is 0 Å². The van der Waals surface area contributed by atoms with Crippen LogP contribution in [0.15, 0.2) is 65.7 Å². The van der Waals surface area contributed by atoms with Gasteiger partial charge in [0, 0.05) is 12.1 Å². The van der Waals surface area contributed by atoms with Crippen LogP contribution in [-0.2, 0) is 6.42 Å². The number of nitrogens with one attached hydrogen (secondary N) is 1. The highest BCUT2D eigenvalue weighted by Crippen LogP contribution is 2.39. The number of rotatable bonds is 4. The molecule has 0 amide bonds. The number of hydrogen-bond acceptors (Lipinski definition) is 2. The molecule has 1 aliphatic heterocycles. The summed E-state index contributed by atoms with van der Waals surface area (Å²) in [6.07, 6.45) is 8.54. The van der Waals surface area contributed by atoms with Crippen LogP contribution < -0.4 is 5.32 Å². The molecule has 0 saturated heterocycles. The molecule has 2 aliphatic rings. The second-order valence-electron chi connectivity index (χ2n) is 7.43.